The molecule has 0 spiro atoms. The summed E-state index contributed by atoms with van der Waals surface area (Å²) in [5.41, 5.74) is 0.192. The zero-order chi connectivity index (χ0) is 12.1. The summed E-state index contributed by atoms with van der Waals surface area (Å²) in [6, 6.07) is 7.83. The fraction of sp³-hybridized carbons (Fsp3) is 0.417. The predicted octanol–water partition coefficient (Wildman–Crippen LogP) is 2.18. The van der Waals surface area contributed by atoms with Crippen LogP contribution in [0.4, 0.5) is 4.39 Å². The van der Waals surface area contributed by atoms with E-state index in [1.807, 2.05) is 6.07 Å². The summed E-state index contributed by atoms with van der Waals surface area (Å²) in [6.07, 6.45) is -2.22. The van der Waals surface area contributed by atoms with Gasteiger partial charge in [-0.1, -0.05) is 18.2 Å². The number of nitriles is 1. The van der Waals surface area contributed by atoms with Crippen LogP contribution in [0.5, 0.6) is 0 Å². The lowest BCUT2D eigenvalue weighted by molar-refractivity contribution is -0.0435. The van der Waals surface area contributed by atoms with Crippen LogP contribution in [0, 0.1) is 17.1 Å². The molecule has 0 radical (unpaired) electrons. The second-order valence-corrected chi connectivity index (χ2v) is 3.61. The summed E-state index contributed by atoms with van der Waals surface area (Å²) in [7, 11) is 0. The monoisotopic (exact) mass is 223 g/mol. The number of ether oxygens (including phenoxy) is 1. The van der Waals surface area contributed by atoms with Gasteiger partial charge in [0, 0.05) is 5.56 Å². The molecule has 0 aromatic heterocycles. The van der Waals surface area contributed by atoms with Gasteiger partial charge in [0.25, 0.3) is 0 Å². The zero-order valence-corrected chi connectivity index (χ0v) is 9.22. The first kappa shape index (κ1) is 12.6. The Morgan fingerprint density at radius 3 is 2.50 bits per heavy atom. The Bertz CT molecular complexity index is 387. The van der Waals surface area contributed by atoms with E-state index in [2.05, 4.69) is 0 Å². The fourth-order valence-electron chi connectivity index (χ4n) is 1.19. The molecule has 0 amide bonds. The molecule has 0 bridgehead atoms. The largest absolute Gasteiger partial charge is 0.391 e. The summed E-state index contributed by atoms with van der Waals surface area (Å²) in [5.74, 6) is -0.480. The Labute approximate surface area is 94.1 Å². The van der Waals surface area contributed by atoms with E-state index in [9.17, 15) is 9.50 Å². The molecule has 0 aliphatic carbocycles. The fourth-order valence-corrected chi connectivity index (χ4v) is 1.19. The third-order valence-corrected chi connectivity index (χ3v) is 2.34. The van der Waals surface area contributed by atoms with Gasteiger partial charge in [-0.15, -0.1) is 0 Å². The first-order chi connectivity index (χ1) is 7.56. The Morgan fingerprint density at radius 2 is 2.00 bits per heavy atom. The second kappa shape index (κ2) is 5.59. The summed E-state index contributed by atoms with van der Waals surface area (Å²) >= 11 is 0. The highest BCUT2D eigenvalue weighted by atomic mass is 19.1. The van der Waals surface area contributed by atoms with Crippen LogP contribution < -0.4 is 0 Å². The summed E-state index contributed by atoms with van der Waals surface area (Å²) < 4.78 is 18.7. The molecule has 1 N–H and O–H groups in total. The van der Waals surface area contributed by atoms with Gasteiger partial charge in [0.15, 0.2) is 6.10 Å². The highest BCUT2D eigenvalue weighted by Crippen LogP contribution is 2.22. The number of rotatable bonds is 4. The van der Waals surface area contributed by atoms with Crippen LogP contribution in [-0.4, -0.2) is 17.3 Å². The van der Waals surface area contributed by atoms with Crippen molar-refractivity contribution in [3.8, 4) is 6.07 Å². The van der Waals surface area contributed by atoms with Crippen molar-refractivity contribution in [2.24, 2.45) is 0 Å². The van der Waals surface area contributed by atoms with Crippen LogP contribution in [-0.2, 0) is 4.74 Å². The van der Waals surface area contributed by atoms with Crippen LogP contribution in [0.25, 0.3) is 0 Å². The van der Waals surface area contributed by atoms with Crippen molar-refractivity contribution in [3.63, 3.8) is 0 Å². The maximum absolute atomic E-state index is 13.4. The number of nitrogens with zero attached hydrogens (tertiary/aromatic N) is 1. The summed E-state index contributed by atoms with van der Waals surface area (Å²) in [4.78, 5) is 0. The minimum atomic E-state index is -0.995. The van der Waals surface area contributed by atoms with Crippen LogP contribution >= 0.6 is 0 Å². The van der Waals surface area contributed by atoms with Crippen molar-refractivity contribution in [2.45, 2.75) is 32.2 Å². The number of hydrogen-bond donors (Lipinski definition) is 1. The molecular formula is C12H14FNO2. The van der Waals surface area contributed by atoms with Crippen molar-refractivity contribution < 1.29 is 14.2 Å². The van der Waals surface area contributed by atoms with Crippen molar-refractivity contribution in [3.05, 3.63) is 35.6 Å². The van der Waals surface area contributed by atoms with E-state index >= 15 is 0 Å². The molecule has 1 rings (SSSR count). The maximum Gasteiger partial charge on any atom is 0.172 e. The minimum absolute atomic E-state index is 0.192. The van der Waals surface area contributed by atoms with Crippen LogP contribution in [0.3, 0.4) is 0 Å². The van der Waals surface area contributed by atoms with Gasteiger partial charge in [-0.2, -0.15) is 5.26 Å². The normalized spacial score (nSPS) is 16.2. The summed E-state index contributed by atoms with van der Waals surface area (Å²) in [6.45, 7) is 3.19. The molecule has 4 heteroatoms. The van der Waals surface area contributed by atoms with Gasteiger partial charge in [0.2, 0.25) is 0 Å². The zero-order valence-electron chi connectivity index (χ0n) is 9.22. The number of aliphatic hydroxyl groups excluding tert-OH is 1. The smallest absolute Gasteiger partial charge is 0.172 e. The minimum Gasteiger partial charge on any atom is -0.391 e. The second-order valence-electron chi connectivity index (χ2n) is 3.61. The number of hydrogen-bond acceptors (Lipinski definition) is 3. The lowest BCUT2D eigenvalue weighted by Gasteiger charge is -2.19. The first-order valence-corrected chi connectivity index (χ1v) is 5.03. The van der Waals surface area contributed by atoms with E-state index in [-0.39, 0.29) is 5.56 Å². The molecule has 0 aliphatic heterocycles. The topological polar surface area (TPSA) is 53.2 Å². The Kier molecular flexibility index (Phi) is 4.41. The molecule has 0 aliphatic rings. The van der Waals surface area contributed by atoms with Crippen molar-refractivity contribution in [1.82, 2.24) is 0 Å². The molecule has 86 valence electrons. The van der Waals surface area contributed by atoms with E-state index in [1.165, 1.54) is 12.1 Å². The van der Waals surface area contributed by atoms with E-state index < -0.39 is 24.1 Å². The molecule has 0 saturated carbocycles. The highest BCUT2D eigenvalue weighted by molar-refractivity contribution is 5.24. The van der Waals surface area contributed by atoms with Gasteiger partial charge in [-0.05, 0) is 19.9 Å². The molecule has 3 atom stereocenters. The van der Waals surface area contributed by atoms with Gasteiger partial charge in [-0.25, -0.2) is 4.39 Å². The van der Waals surface area contributed by atoms with E-state index in [0.29, 0.717) is 0 Å². The molecule has 0 heterocycles. The maximum atomic E-state index is 13.4. The van der Waals surface area contributed by atoms with E-state index in [4.69, 9.17) is 10.00 Å². The van der Waals surface area contributed by atoms with Crippen LogP contribution in [0.2, 0.25) is 0 Å². The Balaban J connectivity index is 2.84. The number of halogens is 1. The standard InChI is InChI=1S/C12H14FNO2/c1-8(15)9(2)16-12(7-14)10-5-3-4-6-11(10)13/h3-6,8-9,12,15H,1-2H3. The van der Waals surface area contributed by atoms with Gasteiger partial charge < -0.3 is 9.84 Å². The van der Waals surface area contributed by atoms with Gasteiger partial charge in [0.05, 0.1) is 18.3 Å². The van der Waals surface area contributed by atoms with Crippen molar-refractivity contribution in [1.29, 1.82) is 5.26 Å². The Morgan fingerprint density at radius 1 is 1.38 bits per heavy atom. The highest BCUT2D eigenvalue weighted by Gasteiger charge is 2.20. The lowest BCUT2D eigenvalue weighted by atomic mass is 10.1. The SMILES string of the molecule is CC(O)C(C)OC(C#N)c1ccccc1F. The van der Waals surface area contributed by atoms with Crippen LogP contribution in [0.1, 0.15) is 25.5 Å². The number of aliphatic hydroxyl groups is 1. The quantitative estimate of drug-likeness (QED) is 0.851. The van der Waals surface area contributed by atoms with Crippen LogP contribution in [0.15, 0.2) is 24.3 Å². The Hall–Kier alpha value is -1.44. The molecule has 0 saturated heterocycles. The average Bonchev–Trinajstić information content (AvgIpc) is 2.26. The average molecular weight is 223 g/mol. The third-order valence-electron chi connectivity index (χ3n) is 2.34. The first-order valence-electron chi connectivity index (χ1n) is 5.03. The molecule has 3 unspecified atom stereocenters. The van der Waals surface area contributed by atoms with Gasteiger partial charge in [0.1, 0.15) is 5.82 Å². The van der Waals surface area contributed by atoms with E-state index in [1.54, 1.807) is 26.0 Å². The van der Waals surface area contributed by atoms with E-state index in [0.717, 1.165) is 0 Å². The lowest BCUT2D eigenvalue weighted by Crippen LogP contribution is -2.24. The predicted molar refractivity (Wildman–Crippen MR) is 57.0 cm³/mol. The molecule has 3 nitrogen and oxygen atoms in total. The molecule has 1 aromatic rings. The third kappa shape index (κ3) is 3.02. The van der Waals surface area contributed by atoms with Crippen molar-refractivity contribution >= 4 is 0 Å². The number of benzene rings is 1. The molecule has 0 fully saturated rings. The molecular weight excluding hydrogens is 209 g/mol. The molecule has 16 heavy (non-hydrogen) atoms. The summed E-state index contributed by atoms with van der Waals surface area (Å²) in [5, 5.41) is 18.2. The van der Waals surface area contributed by atoms with Gasteiger partial charge in [-0.3, -0.25) is 0 Å². The van der Waals surface area contributed by atoms with Gasteiger partial charge >= 0.3 is 0 Å². The molecule has 1 aromatic carbocycles. The van der Waals surface area contributed by atoms with Crippen molar-refractivity contribution in [2.75, 3.05) is 0 Å².